The van der Waals surface area contributed by atoms with Gasteiger partial charge in [0, 0.05) is 37.7 Å². The topological polar surface area (TPSA) is 50.4 Å². The summed E-state index contributed by atoms with van der Waals surface area (Å²) in [5, 5.41) is 5.64. The van der Waals surface area contributed by atoms with Gasteiger partial charge in [-0.3, -0.25) is 4.79 Å². The van der Waals surface area contributed by atoms with E-state index >= 15 is 0 Å². The van der Waals surface area contributed by atoms with Gasteiger partial charge in [0.25, 0.3) is 0 Å². The average molecular weight is 254 g/mol. The third-order valence-corrected chi connectivity index (χ3v) is 2.76. The molecule has 100 valence electrons. The fourth-order valence-corrected chi connectivity index (χ4v) is 1.62. The van der Waals surface area contributed by atoms with Crippen molar-refractivity contribution < 1.29 is 13.9 Å². The van der Waals surface area contributed by atoms with E-state index in [1.54, 1.807) is 19.2 Å². The first-order valence-electron chi connectivity index (χ1n) is 5.86. The van der Waals surface area contributed by atoms with Crippen molar-refractivity contribution in [3.05, 3.63) is 29.6 Å². The molecule has 18 heavy (non-hydrogen) atoms. The van der Waals surface area contributed by atoms with Gasteiger partial charge in [-0.15, -0.1) is 0 Å². The normalized spacial score (nSPS) is 12.0. The van der Waals surface area contributed by atoms with Gasteiger partial charge >= 0.3 is 0 Å². The quantitative estimate of drug-likeness (QED) is 0.811. The van der Waals surface area contributed by atoms with Gasteiger partial charge in [0.05, 0.1) is 7.11 Å². The smallest absolute Gasteiger partial charge is 0.221 e. The Morgan fingerprint density at radius 2 is 2.22 bits per heavy atom. The van der Waals surface area contributed by atoms with Crippen LogP contribution in [-0.4, -0.2) is 26.6 Å². The van der Waals surface area contributed by atoms with Crippen LogP contribution >= 0.6 is 0 Å². The van der Waals surface area contributed by atoms with E-state index in [-0.39, 0.29) is 17.8 Å². The Kier molecular flexibility index (Phi) is 5.58. The maximum Gasteiger partial charge on any atom is 0.221 e. The molecule has 0 saturated heterocycles. The third-order valence-electron chi connectivity index (χ3n) is 2.76. The van der Waals surface area contributed by atoms with Gasteiger partial charge in [-0.05, 0) is 13.0 Å². The second-order valence-corrected chi connectivity index (χ2v) is 3.99. The molecule has 0 aliphatic rings. The molecule has 0 aliphatic carbocycles. The highest BCUT2D eigenvalue weighted by Gasteiger charge is 2.11. The summed E-state index contributed by atoms with van der Waals surface area (Å²) in [4.78, 5) is 11.0. The van der Waals surface area contributed by atoms with Gasteiger partial charge < -0.3 is 15.4 Å². The number of amides is 1. The number of nitrogens with one attached hydrogen (secondary N) is 2. The zero-order valence-corrected chi connectivity index (χ0v) is 10.9. The van der Waals surface area contributed by atoms with Crippen molar-refractivity contribution in [1.29, 1.82) is 0 Å². The first kappa shape index (κ1) is 14.4. The van der Waals surface area contributed by atoms with Crippen molar-refractivity contribution >= 4 is 5.91 Å². The SMILES string of the molecule is CNC(=O)CCNC(C)c1ccc(OC)cc1F. The molecule has 0 saturated carbocycles. The molecule has 0 radical (unpaired) electrons. The molecule has 1 aromatic rings. The van der Waals surface area contributed by atoms with Gasteiger partial charge in [-0.25, -0.2) is 4.39 Å². The Balaban J connectivity index is 2.56. The van der Waals surface area contributed by atoms with Gasteiger partial charge in [0.1, 0.15) is 11.6 Å². The van der Waals surface area contributed by atoms with Crippen LogP contribution in [0.2, 0.25) is 0 Å². The van der Waals surface area contributed by atoms with Crippen molar-refractivity contribution in [3.63, 3.8) is 0 Å². The van der Waals surface area contributed by atoms with Gasteiger partial charge in [0.15, 0.2) is 0 Å². The Morgan fingerprint density at radius 3 is 2.78 bits per heavy atom. The number of benzene rings is 1. The molecule has 0 fully saturated rings. The fourth-order valence-electron chi connectivity index (χ4n) is 1.62. The Hall–Kier alpha value is -1.62. The number of rotatable bonds is 6. The Bertz CT molecular complexity index is 410. The Morgan fingerprint density at radius 1 is 1.50 bits per heavy atom. The molecule has 0 aliphatic heterocycles. The lowest BCUT2D eigenvalue weighted by molar-refractivity contribution is -0.120. The minimum atomic E-state index is -0.311. The van der Waals surface area contributed by atoms with E-state index in [2.05, 4.69) is 10.6 Å². The van der Waals surface area contributed by atoms with Crippen LogP contribution in [0, 0.1) is 5.82 Å². The summed E-state index contributed by atoms with van der Waals surface area (Å²) in [5.74, 6) is 0.146. The number of hydrogen-bond acceptors (Lipinski definition) is 3. The molecule has 2 N–H and O–H groups in total. The number of carbonyl (C=O) groups is 1. The van der Waals surface area contributed by atoms with E-state index in [1.807, 2.05) is 6.92 Å². The summed E-state index contributed by atoms with van der Waals surface area (Å²) in [6.45, 7) is 2.36. The Labute approximate surface area is 107 Å². The molecule has 0 heterocycles. The number of hydrogen-bond donors (Lipinski definition) is 2. The van der Waals surface area contributed by atoms with E-state index in [1.165, 1.54) is 13.2 Å². The average Bonchev–Trinajstić information content (AvgIpc) is 2.37. The van der Waals surface area contributed by atoms with Crippen molar-refractivity contribution in [2.75, 3.05) is 20.7 Å². The minimum absolute atomic E-state index is 0.0371. The molecule has 1 rings (SSSR count). The summed E-state index contributed by atoms with van der Waals surface area (Å²) in [6.07, 6.45) is 0.374. The molecule has 1 unspecified atom stereocenters. The molecule has 4 nitrogen and oxygen atoms in total. The molecule has 1 amide bonds. The van der Waals surface area contributed by atoms with Crippen LogP contribution in [0.5, 0.6) is 5.75 Å². The number of halogens is 1. The number of methoxy groups -OCH3 is 1. The third kappa shape index (κ3) is 4.00. The molecular formula is C13H19FN2O2. The van der Waals surface area contributed by atoms with Crippen molar-refractivity contribution in [2.24, 2.45) is 0 Å². The van der Waals surface area contributed by atoms with Crippen LogP contribution in [-0.2, 0) is 4.79 Å². The van der Waals surface area contributed by atoms with Crippen molar-refractivity contribution in [1.82, 2.24) is 10.6 Å². The first-order valence-corrected chi connectivity index (χ1v) is 5.86. The number of ether oxygens (including phenoxy) is 1. The van der Waals surface area contributed by atoms with Gasteiger partial charge in [-0.1, -0.05) is 6.07 Å². The maximum absolute atomic E-state index is 13.7. The predicted octanol–water partition coefficient (Wildman–Crippen LogP) is 1.62. The van der Waals surface area contributed by atoms with Crippen molar-refractivity contribution in [2.45, 2.75) is 19.4 Å². The second-order valence-electron chi connectivity index (χ2n) is 3.99. The van der Waals surface area contributed by atoms with Gasteiger partial charge in [0.2, 0.25) is 5.91 Å². The maximum atomic E-state index is 13.7. The van der Waals surface area contributed by atoms with Crippen LogP contribution in [0.1, 0.15) is 24.9 Å². The van der Waals surface area contributed by atoms with E-state index in [0.29, 0.717) is 24.3 Å². The highest BCUT2D eigenvalue weighted by Crippen LogP contribution is 2.21. The summed E-state index contributed by atoms with van der Waals surface area (Å²) in [6, 6.07) is 4.61. The lowest BCUT2D eigenvalue weighted by Gasteiger charge is -2.15. The van der Waals surface area contributed by atoms with E-state index in [0.717, 1.165) is 0 Å². The fraction of sp³-hybridized carbons (Fsp3) is 0.462. The molecule has 0 bridgehead atoms. The van der Waals surface area contributed by atoms with E-state index < -0.39 is 0 Å². The second kappa shape index (κ2) is 6.96. The summed E-state index contributed by atoms with van der Waals surface area (Å²) >= 11 is 0. The van der Waals surface area contributed by atoms with E-state index in [4.69, 9.17) is 4.74 Å². The van der Waals surface area contributed by atoms with Crippen LogP contribution in [0.3, 0.4) is 0 Å². The van der Waals surface area contributed by atoms with Crippen LogP contribution in [0.15, 0.2) is 18.2 Å². The number of carbonyl (C=O) groups excluding carboxylic acids is 1. The van der Waals surface area contributed by atoms with Crippen LogP contribution < -0.4 is 15.4 Å². The largest absolute Gasteiger partial charge is 0.497 e. The highest BCUT2D eigenvalue weighted by molar-refractivity contribution is 5.75. The predicted molar refractivity (Wildman–Crippen MR) is 68.1 cm³/mol. The molecule has 1 atom stereocenters. The molecule has 5 heteroatoms. The molecule has 1 aromatic carbocycles. The minimum Gasteiger partial charge on any atom is -0.497 e. The molecule has 0 spiro atoms. The standard InChI is InChI=1S/C13H19FN2O2/c1-9(16-7-6-13(17)15-2)11-5-4-10(18-3)8-12(11)14/h4-5,8-9,16H,6-7H2,1-3H3,(H,15,17). The monoisotopic (exact) mass is 254 g/mol. The summed E-state index contributed by atoms with van der Waals surface area (Å²) < 4.78 is 18.7. The molecular weight excluding hydrogens is 235 g/mol. The first-order chi connectivity index (χ1) is 8.58. The molecule has 0 aromatic heterocycles. The summed E-state index contributed by atoms with van der Waals surface area (Å²) in [7, 11) is 3.09. The van der Waals surface area contributed by atoms with Gasteiger partial charge in [-0.2, -0.15) is 0 Å². The highest BCUT2D eigenvalue weighted by atomic mass is 19.1. The van der Waals surface area contributed by atoms with Crippen molar-refractivity contribution in [3.8, 4) is 5.75 Å². The van der Waals surface area contributed by atoms with E-state index in [9.17, 15) is 9.18 Å². The van der Waals surface area contributed by atoms with Crippen LogP contribution in [0.25, 0.3) is 0 Å². The lowest BCUT2D eigenvalue weighted by Crippen LogP contribution is -2.26. The zero-order chi connectivity index (χ0) is 13.5. The summed E-state index contributed by atoms with van der Waals surface area (Å²) in [5.41, 5.74) is 0.563. The zero-order valence-electron chi connectivity index (χ0n) is 10.9. The van der Waals surface area contributed by atoms with Crippen LogP contribution in [0.4, 0.5) is 4.39 Å². The lowest BCUT2D eigenvalue weighted by atomic mass is 10.1.